The van der Waals surface area contributed by atoms with Crippen LogP contribution >= 0.6 is 0 Å². The second-order valence-corrected chi connectivity index (χ2v) is 5.98. The summed E-state index contributed by atoms with van der Waals surface area (Å²) in [5.74, 6) is -0.750. The SMILES string of the molecule is CC1(C)CCN(Cc2ccc([N+](=O)[O-])c(F)c2)CC1. The Kier molecular flexibility index (Phi) is 3.85. The summed E-state index contributed by atoms with van der Waals surface area (Å²) in [6.45, 7) is 7.16. The van der Waals surface area contributed by atoms with E-state index in [2.05, 4.69) is 18.7 Å². The van der Waals surface area contributed by atoms with Crippen LogP contribution in [0.4, 0.5) is 10.1 Å². The summed E-state index contributed by atoms with van der Waals surface area (Å²) in [7, 11) is 0. The van der Waals surface area contributed by atoms with Crippen LogP contribution in [0.15, 0.2) is 18.2 Å². The first kappa shape index (κ1) is 13.9. The minimum Gasteiger partial charge on any atom is -0.299 e. The molecule has 0 amide bonds. The van der Waals surface area contributed by atoms with E-state index in [1.165, 1.54) is 12.1 Å². The maximum absolute atomic E-state index is 13.5. The molecule has 0 spiro atoms. The van der Waals surface area contributed by atoms with Crippen molar-refractivity contribution in [3.05, 3.63) is 39.7 Å². The zero-order valence-electron chi connectivity index (χ0n) is 11.4. The first-order valence-electron chi connectivity index (χ1n) is 6.53. The molecule has 0 aliphatic carbocycles. The smallest absolute Gasteiger partial charge is 0.299 e. The van der Waals surface area contributed by atoms with Crippen molar-refractivity contribution in [1.82, 2.24) is 4.90 Å². The van der Waals surface area contributed by atoms with Gasteiger partial charge < -0.3 is 0 Å². The minimum absolute atomic E-state index is 0.386. The largest absolute Gasteiger partial charge is 0.304 e. The Morgan fingerprint density at radius 2 is 2.00 bits per heavy atom. The third kappa shape index (κ3) is 3.50. The normalized spacial score (nSPS) is 19.3. The molecule has 4 nitrogen and oxygen atoms in total. The number of hydrogen-bond donors (Lipinski definition) is 0. The van der Waals surface area contributed by atoms with Crippen LogP contribution in [0.2, 0.25) is 0 Å². The van der Waals surface area contributed by atoms with Gasteiger partial charge in [0.25, 0.3) is 0 Å². The van der Waals surface area contributed by atoms with Crippen molar-refractivity contribution in [3.63, 3.8) is 0 Å². The molecule has 0 radical (unpaired) electrons. The van der Waals surface area contributed by atoms with Gasteiger partial charge in [0.2, 0.25) is 5.82 Å². The van der Waals surface area contributed by atoms with Crippen LogP contribution in [0.25, 0.3) is 0 Å². The molecule has 0 N–H and O–H groups in total. The predicted molar refractivity (Wildman–Crippen MR) is 71.3 cm³/mol. The summed E-state index contributed by atoms with van der Waals surface area (Å²) >= 11 is 0. The van der Waals surface area contributed by atoms with Crippen molar-refractivity contribution in [2.24, 2.45) is 5.41 Å². The molecule has 5 heteroatoms. The van der Waals surface area contributed by atoms with Crippen LogP contribution in [0, 0.1) is 21.3 Å². The molecule has 104 valence electrons. The molecule has 1 aromatic carbocycles. The summed E-state index contributed by atoms with van der Waals surface area (Å²) in [6, 6.07) is 4.16. The van der Waals surface area contributed by atoms with Gasteiger partial charge in [0.05, 0.1) is 4.92 Å². The zero-order valence-corrected chi connectivity index (χ0v) is 11.4. The lowest BCUT2D eigenvalue weighted by molar-refractivity contribution is -0.387. The lowest BCUT2D eigenvalue weighted by Gasteiger charge is -2.36. The Morgan fingerprint density at radius 1 is 1.37 bits per heavy atom. The molecule has 0 bridgehead atoms. The number of likely N-dealkylation sites (tertiary alicyclic amines) is 1. The van der Waals surface area contributed by atoms with E-state index >= 15 is 0 Å². The molecule has 19 heavy (non-hydrogen) atoms. The third-order valence-corrected chi connectivity index (χ3v) is 3.82. The fraction of sp³-hybridized carbons (Fsp3) is 0.571. The molecular weight excluding hydrogens is 247 g/mol. The van der Waals surface area contributed by atoms with Crippen LogP contribution in [0.5, 0.6) is 0 Å². The lowest BCUT2D eigenvalue weighted by atomic mass is 9.82. The van der Waals surface area contributed by atoms with Gasteiger partial charge in [-0.1, -0.05) is 19.9 Å². The lowest BCUT2D eigenvalue weighted by Crippen LogP contribution is -2.36. The van der Waals surface area contributed by atoms with E-state index in [-0.39, 0.29) is 0 Å². The Labute approximate surface area is 112 Å². The molecule has 0 unspecified atom stereocenters. The minimum atomic E-state index is -0.750. The van der Waals surface area contributed by atoms with E-state index in [1.807, 2.05) is 0 Å². The topological polar surface area (TPSA) is 46.4 Å². The van der Waals surface area contributed by atoms with E-state index in [1.54, 1.807) is 6.07 Å². The zero-order chi connectivity index (χ0) is 14.0. The molecular formula is C14H19FN2O2. The van der Waals surface area contributed by atoms with Gasteiger partial charge in [-0.05, 0) is 43.0 Å². The van der Waals surface area contributed by atoms with Gasteiger partial charge in [-0.25, -0.2) is 0 Å². The number of nitro benzene ring substituents is 1. The molecule has 1 aromatic rings. The Balaban J connectivity index is 2.01. The van der Waals surface area contributed by atoms with Crippen molar-refractivity contribution in [1.29, 1.82) is 0 Å². The number of benzene rings is 1. The summed E-state index contributed by atoms with van der Waals surface area (Å²) in [6.07, 6.45) is 2.25. The fourth-order valence-electron chi connectivity index (χ4n) is 2.37. The average molecular weight is 266 g/mol. The first-order valence-corrected chi connectivity index (χ1v) is 6.53. The third-order valence-electron chi connectivity index (χ3n) is 3.82. The van der Waals surface area contributed by atoms with Gasteiger partial charge in [-0.3, -0.25) is 15.0 Å². The van der Waals surface area contributed by atoms with Crippen molar-refractivity contribution in [2.75, 3.05) is 13.1 Å². The highest BCUT2D eigenvalue weighted by atomic mass is 19.1. The number of halogens is 1. The second kappa shape index (κ2) is 5.25. The molecule has 1 aliphatic rings. The Bertz CT molecular complexity index is 478. The van der Waals surface area contributed by atoms with Crippen LogP contribution in [0.3, 0.4) is 0 Å². The Morgan fingerprint density at radius 3 is 2.53 bits per heavy atom. The molecule has 1 fully saturated rings. The van der Waals surface area contributed by atoms with Crippen molar-refractivity contribution in [2.45, 2.75) is 33.2 Å². The van der Waals surface area contributed by atoms with Gasteiger partial charge in [0.1, 0.15) is 0 Å². The highest BCUT2D eigenvalue weighted by Crippen LogP contribution is 2.30. The van der Waals surface area contributed by atoms with Crippen LogP contribution in [0.1, 0.15) is 32.3 Å². The second-order valence-electron chi connectivity index (χ2n) is 5.98. The van der Waals surface area contributed by atoms with Crippen LogP contribution < -0.4 is 0 Å². The van der Waals surface area contributed by atoms with Gasteiger partial charge in [0, 0.05) is 12.6 Å². The molecule has 1 heterocycles. The van der Waals surface area contributed by atoms with Crippen LogP contribution in [-0.4, -0.2) is 22.9 Å². The number of rotatable bonds is 3. The number of hydrogen-bond acceptors (Lipinski definition) is 3. The molecule has 1 saturated heterocycles. The average Bonchev–Trinajstić information content (AvgIpc) is 2.31. The molecule has 0 aromatic heterocycles. The summed E-state index contributed by atoms with van der Waals surface area (Å²) < 4.78 is 13.5. The van der Waals surface area contributed by atoms with E-state index < -0.39 is 16.4 Å². The number of nitrogens with zero attached hydrogens (tertiary/aromatic N) is 2. The monoisotopic (exact) mass is 266 g/mol. The summed E-state index contributed by atoms with van der Waals surface area (Å²) in [5, 5.41) is 10.5. The summed E-state index contributed by atoms with van der Waals surface area (Å²) in [4.78, 5) is 12.1. The van der Waals surface area contributed by atoms with Gasteiger partial charge >= 0.3 is 5.69 Å². The fourth-order valence-corrected chi connectivity index (χ4v) is 2.37. The molecule has 2 rings (SSSR count). The van der Waals surface area contributed by atoms with Crippen molar-refractivity contribution >= 4 is 5.69 Å². The van der Waals surface area contributed by atoms with E-state index in [9.17, 15) is 14.5 Å². The highest BCUT2D eigenvalue weighted by molar-refractivity contribution is 5.34. The molecule has 0 saturated carbocycles. The summed E-state index contributed by atoms with van der Waals surface area (Å²) in [5.41, 5.74) is 0.725. The van der Waals surface area contributed by atoms with Crippen LogP contribution in [-0.2, 0) is 6.54 Å². The molecule has 0 atom stereocenters. The maximum Gasteiger partial charge on any atom is 0.304 e. The van der Waals surface area contributed by atoms with Crippen molar-refractivity contribution < 1.29 is 9.31 Å². The van der Waals surface area contributed by atoms with E-state index in [4.69, 9.17) is 0 Å². The molecule has 1 aliphatic heterocycles. The maximum atomic E-state index is 13.5. The first-order chi connectivity index (χ1) is 8.87. The van der Waals surface area contributed by atoms with Crippen molar-refractivity contribution in [3.8, 4) is 0 Å². The van der Waals surface area contributed by atoms with E-state index in [0.717, 1.165) is 31.5 Å². The standard InChI is InChI=1S/C14H19FN2O2/c1-14(2)5-7-16(8-6-14)10-11-3-4-13(17(18)19)12(15)9-11/h3-4,9H,5-8,10H2,1-2H3. The van der Waals surface area contributed by atoms with Gasteiger partial charge in [-0.2, -0.15) is 4.39 Å². The highest BCUT2D eigenvalue weighted by Gasteiger charge is 2.25. The number of nitro groups is 1. The predicted octanol–water partition coefficient (Wildman–Crippen LogP) is 3.36. The quantitative estimate of drug-likeness (QED) is 0.622. The Hall–Kier alpha value is -1.49. The van der Waals surface area contributed by atoms with Gasteiger partial charge in [0.15, 0.2) is 0 Å². The van der Waals surface area contributed by atoms with E-state index in [0.29, 0.717) is 12.0 Å². The van der Waals surface area contributed by atoms with Gasteiger partial charge in [-0.15, -0.1) is 0 Å². The number of piperidine rings is 1.